The van der Waals surface area contributed by atoms with Crippen molar-refractivity contribution in [1.29, 1.82) is 0 Å². The molecular weight excluding hydrogens is 436 g/mol. The van der Waals surface area contributed by atoms with E-state index < -0.39 is 0 Å². The summed E-state index contributed by atoms with van der Waals surface area (Å²) in [6.07, 6.45) is 5.69. The Hall–Kier alpha value is -2.50. The summed E-state index contributed by atoms with van der Waals surface area (Å²) in [7, 11) is 0. The van der Waals surface area contributed by atoms with Gasteiger partial charge in [0.25, 0.3) is 5.91 Å². The number of piperidine rings is 1. The molecule has 1 aliphatic heterocycles. The standard InChI is InChI=1S/C30H40N2O3/c1-21(2)18-27(20-33)31-30(35)26-10-11-28-25(19-26)9-8-24(29(28)34)14-17-32-15-12-23(13-16-32)22-6-4-3-5-7-22/h3-7,10-11,19,21,23-24,27,33H,8-9,12-18,20H2,1-2H3,(H,31,35). The number of ketones is 1. The van der Waals surface area contributed by atoms with Gasteiger partial charge in [-0.1, -0.05) is 50.2 Å². The van der Waals surface area contributed by atoms with Crippen LogP contribution in [0.3, 0.4) is 0 Å². The lowest BCUT2D eigenvalue weighted by atomic mass is 9.80. The van der Waals surface area contributed by atoms with Crippen LogP contribution in [0.25, 0.3) is 0 Å². The molecule has 0 bridgehead atoms. The third-order valence-electron chi connectivity index (χ3n) is 7.73. The van der Waals surface area contributed by atoms with Crippen LogP contribution in [-0.2, 0) is 6.42 Å². The molecule has 0 saturated carbocycles. The molecule has 2 atom stereocenters. The molecule has 5 heteroatoms. The SMILES string of the molecule is CC(C)CC(CO)NC(=O)c1ccc2c(c1)CCC(CCN1CCC(c3ccccc3)CC1)C2=O. The highest BCUT2D eigenvalue weighted by Gasteiger charge is 2.29. The Morgan fingerprint density at radius 1 is 1.09 bits per heavy atom. The number of nitrogens with zero attached hydrogens (tertiary/aromatic N) is 1. The molecular formula is C30H40N2O3. The lowest BCUT2D eigenvalue weighted by molar-refractivity contribution is 0.0872. The van der Waals surface area contributed by atoms with Crippen LogP contribution in [0.4, 0.5) is 0 Å². The molecule has 1 heterocycles. The van der Waals surface area contributed by atoms with Crippen LogP contribution in [0.15, 0.2) is 48.5 Å². The fourth-order valence-electron chi connectivity index (χ4n) is 5.71. The summed E-state index contributed by atoms with van der Waals surface area (Å²) in [5.74, 6) is 1.16. The van der Waals surface area contributed by atoms with Crippen LogP contribution in [0.2, 0.25) is 0 Å². The second-order valence-corrected chi connectivity index (χ2v) is 10.8. The van der Waals surface area contributed by atoms with E-state index in [2.05, 4.69) is 54.4 Å². The van der Waals surface area contributed by atoms with Gasteiger partial charge >= 0.3 is 0 Å². The van der Waals surface area contributed by atoms with Crippen molar-refractivity contribution in [3.63, 3.8) is 0 Å². The molecule has 1 aliphatic carbocycles. The van der Waals surface area contributed by atoms with Gasteiger partial charge in [0, 0.05) is 17.0 Å². The predicted molar refractivity (Wildman–Crippen MR) is 140 cm³/mol. The van der Waals surface area contributed by atoms with Gasteiger partial charge in [0.15, 0.2) is 5.78 Å². The number of nitrogens with one attached hydrogen (secondary N) is 1. The van der Waals surface area contributed by atoms with Gasteiger partial charge in [-0.3, -0.25) is 9.59 Å². The van der Waals surface area contributed by atoms with Crippen molar-refractivity contribution in [1.82, 2.24) is 10.2 Å². The van der Waals surface area contributed by atoms with Crippen LogP contribution in [0.5, 0.6) is 0 Å². The highest BCUT2D eigenvalue weighted by molar-refractivity contribution is 6.02. The molecule has 4 rings (SSSR count). The first kappa shape index (κ1) is 25.6. The number of carbonyl (C=O) groups is 2. The van der Waals surface area contributed by atoms with E-state index in [4.69, 9.17) is 0 Å². The highest BCUT2D eigenvalue weighted by atomic mass is 16.3. The van der Waals surface area contributed by atoms with Gasteiger partial charge in [-0.25, -0.2) is 0 Å². The molecule has 5 nitrogen and oxygen atoms in total. The number of aryl methyl sites for hydroxylation is 1. The van der Waals surface area contributed by atoms with E-state index in [1.54, 1.807) is 6.07 Å². The van der Waals surface area contributed by atoms with Crippen molar-refractivity contribution in [3.05, 3.63) is 70.8 Å². The Morgan fingerprint density at radius 3 is 2.51 bits per heavy atom. The lowest BCUT2D eigenvalue weighted by Gasteiger charge is -2.33. The van der Waals surface area contributed by atoms with E-state index in [9.17, 15) is 14.7 Å². The zero-order valence-corrected chi connectivity index (χ0v) is 21.2. The Labute approximate surface area is 209 Å². The molecule has 1 amide bonds. The van der Waals surface area contributed by atoms with Crippen molar-refractivity contribution in [2.24, 2.45) is 11.8 Å². The van der Waals surface area contributed by atoms with Crippen molar-refractivity contribution < 1.29 is 14.7 Å². The number of Topliss-reactive ketones (excluding diaryl/α,β-unsaturated/α-hetero) is 1. The van der Waals surface area contributed by atoms with Crippen molar-refractivity contribution in [2.75, 3.05) is 26.2 Å². The summed E-state index contributed by atoms with van der Waals surface area (Å²) in [5.41, 5.74) is 3.78. The molecule has 2 aliphatic rings. The smallest absolute Gasteiger partial charge is 0.251 e. The molecule has 0 radical (unpaired) electrons. The number of fused-ring (bicyclic) bond motifs is 1. The summed E-state index contributed by atoms with van der Waals surface area (Å²) in [4.78, 5) is 28.4. The zero-order chi connectivity index (χ0) is 24.8. The molecule has 2 aromatic rings. The summed E-state index contributed by atoms with van der Waals surface area (Å²) < 4.78 is 0. The van der Waals surface area contributed by atoms with Gasteiger partial charge in [0.05, 0.1) is 12.6 Å². The number of amides is 1. The topological polar surface area (TPSA) is 69.6 Å². The monoisotopic (exact) mass is 476 g/mol. The minimum absolute atomic E-state index is 0.0684. The normalized spacial score (nSPS) is 20.0. The van der Waals surface area contributed by atoms with E-state index in [0.29, 0.717) is 17.4 Å². The van der Waals surface area contributed by atoms with Crippen LogP contribution in [0, 0.1) is 11.8 Å². The molecule has 1 fully saturated rings. The number of aliphatic hydroxyl groups is 1. The minimum Gasteiger partial charge on any atom is -0.394 e. The maximum atomic E-state index is 13.2. The van der Waals surface area contributed by atoms with Crippen LogP contribution in [-0.4, -0.2) is 54.0 Å². The number of aliphatic hydroxyl groups excluding tert-OH is 1. The average molecular weight is 477 g/mol. The molecule has 2 unspecified atom stereocenters. The molecule has 188 valence electrons. The Balaban J connectivity index is 1.29. The highest BCUT2D eigenvalue weighted by Crippen LogP contribution is 2.31. The van der Waals surface area contributed by atoms with Crippen molar-refractivity contribution >= 4 is 11.7 Å². The predicted octanol–water partition coefficient (Wildman–Crippen LogP) is 4.84. The van der Waals surface area contributed by atoms with E-state index in [1.165, 1.54) is 18.4 Å². The summed E-state index contributed by atoms with van der Waals surface area (Å²) >= 11 is 0. The Kier molecular flexibility index (Phi) is 8.74. The lowest BCUT2D eigenvalue weighted by Crippen LogP contribution is -2.38. The van der Waals surface area contributed by atoms with E-state index >= 15 is 0 Å². The van der Waals surface area contributed by atoms with Crippen LogP contribution >= 0.6 is 0 Å². The molecule has 35 heavy (non-hydrogen) atoms. The third-order valence-corrected chi connectivity index (χ3v) is 7.73. The van der Waals surface area contributed by atoms with Gasteiger partial charge in [0.1, 0.15) is 0 Å². The number of benzene rings is 2. The minimum atomic E-state index is -0.248. The molecule has 1 saturated heterocycles. The van der Waals surface area contributed by atoms with Crippen LogP contribution in [0.1, 0.15) is 83.7 Å². The second-order valence-electron chi connectivity index (χ2n) is 10.8. The quantitative estimate of drug-likeness (QED) is 0.543. The van der Waals surface area contributed by atoms with Crippen molar-refractivity contribution in [3.8, 4) is 0 Å². The fraction of sp³-hybridized carbons (Fsp3) is 0.533. The number of rotatable bonds is 9. The number of hydrogen-bond donors (Lipinski definition) is 2. The molecule has 2 aromatic carbocycles. The van der Waals surface area contributed by atoms with E-state index in [0.717, 1.165) is 56.4 Å². The van der Waals surface area contributed by atoms with Crippen molar-refractivity contribution in [2.45, 2.75) is 64.3 Å². The summed E-state index contributed by atoms with van der Waals surface area (Å²) in [5, 5.41) is 12.5. The molecule has 0 spiro atoms. The summed E-state index contributed by atoms with van der Waals surface area (Å²) in [6.45, 7) is 7.25. The molecule has 2 N–H and O–H groups in total. The Morgan fingerprint density at radius 2 is 1.83 bits per heavy atom. The van der Waals surface area contributed by atoms with Gasteiger partial charge in [0.2, 0.25) is 0 Å². The fourth-order valence-corrected chi connectivity index (χ4v) is 5.71. The van der Waals surface area contributed by atoms with Gasteiger partial charge in [-0.2, -0.15) is 0 Å². The van der Waals surface area contributed by atoms with Gasteiger partial charge < -0.3 is 15.3 Å². The zero-order valence-electron chi connectivity index (χ0n) is 21.2. The maximum absolute atomic E-state index is 13.2. The summed E-state index contributed by atoms with van der Waals surface area (Å²) in [6, 6.07) is 16.0. The first-order valence-corrected chi connectivity index (χ1v) is 13.3. The first-order valence-electron chi connectivity index (χ1n) is 13.3. The average Bonchev–Trinajstić information content (AvgIpc) is 2.88. The Bertz CT molecular complexity index is 996. The largest absolute Gasteiger partial charge is 0.394 e. The van der Waals surface area contributed by atoms with E-state index in [1.807, 2.05) is 12.1 Å². The third kappa shape index (κ3) is 6.59. The van der Waals surface area contributed by atoms with Gasteiger partial charge in [-0.15, -0.1) is 0 Å². The maximum Gasteiger partial charge on any atom is 0.251 e. The number of likely N-dealkylation sites (tertiary alicyclic amines) is 1. The second kappa shape index (κ2) is 12.0. The molecule has 0 aromatic heterocycles. The van der Waals surface area contributed by atoms with Crippen LogP contribution < -0.4 is 5.32 Å². The first-order chi connectivity index (χ1) is 16.9. The van der Waals surface area contributed by atoms with E-state index in [-0.39, 0.29) is 30.3 Å². The van der Waals surface area contributed by atoms with Gasteiger partial charge in [-0.05, 0) is 93.3 Å². The number of carbonyl (C=O) groups excluding carboxylic acids is 2. The number of hydrogen-bond acceptors (Lipinski definition) is 4.